The lowest BCUT2D eigenvalue weighted by atomic mass is 9.95. The Labute approximate surface area is 264 Å². The van der Waals surface area contributed by atoms with Crippen LogP contribution in [0.5, 0.6) is 11.5 Å². The Morgan fingerprint density at radius 1 is 1.14 bits per heavy atom. The summed E-state index contributed by atoms with van der Waals surface area (Å²) in [6.07, 6.45) is 1.41. The molecular weight excluding hydrogens is 650 g/mol. The molecule has 2 heterocycles. The van der Waals surface area contributed by atoms with Crippen molar-refractivity contribution in [3.63, 3.8) is 0 Å². The van der Waals surface area contributed by atoms with Gasteiger partial charge in [-0.05, 0) is 80.4 Å². The number of aromatic nitrogens is 1. The van der Waals surface area contributed by atoms with Gasteiger partial charge in [0.25, 0.3) is 11.2 Å². The number of carbonyl (C=O) groups excluding carboxylic acids is 1. The van der Waals surface area contributed by atoms with Gasteiger partial charge < -0.3 is 14.2 Å². The molecule has 3 aromatic carbocycles. The Morgan fingerprint density at radius 3 is 2.48 bits per heavy atom. The number of ether oxygens (including phenoxy) is 3. The van der Waals surface area contributed by atoms with Crippen LogP contribution < -0.4 is 24.4 Å². The number of halogens is 1. The van der Waals surface area contributed by atoms with Gasteiger partial charge in [0.1, 0.15) is 24.1 Å². The zero-order valence-electron chi connectivity index (χ0n) is 24.3. The number of rotatable bonds is 9. The van der Waals surface area contributed by atoms with E-state index in [4.69, 9.17) is 14.2 Å². The quantitative estimate of drug-likeness (QED) is 0.131. The van der Waals surface area contributed by atoms with E-state index in [1.54, 1.807) is 64.3 Å². The first-order chi connectivity index (χ1) is 21.0. The lowest BCUT2D eigenvalue weighted by Gasteiger charge is -2.26. The molecule has 0 spiro atoms. The zero-order chi connectivity index (χ0) is 31.5. The Morgan fingerprint density at radius 2 is 1.84 bits per heavy atom. The molecular formula is C32H28BrN3O7S. The summed E-state index contributed by atoms with van der Waals surface area (Å²) in [5.74, 6) is 0.571. The fraction of sp³-hybridized carbons (Fsp3) is 0.219. The van der Waals surface area contributed by atoms with Gasteiger partial charge in [-0.2, -0.15) is 0 Å². The second kappa shape index (κ2) is 13.0. The Kier molecular flexibility index (Phi) is 9.12. The molecule has 0 saturated carbocycles. The van der Waals surface area contributed by atoms with Gasteiger partial charge in [-0.1, -0.05) is 39.4 Å². The van der Waals surface area contributed by atoms with Crippen molar-refractivity contribution in [2.75, 3.05) is 7.11 Å². The maximum Gasteiger partial charge on any atom is 0.338 e. The van der Waals surface area contributed by atoms with Crippen molar-refractivity contribution in [3.05, 3.63) is 129 Å². The molecule has 1 aromatic heterocycles. The molecule has 0 radical (unpaired) electrons. The fourth-order valence-corrected chi connectivity index (χ4v) is 6.19. The molecule has 0 aliphatic carbocycles. The van der Waals surface area contributed by atoms with Crippen LogP contribution in [0, 0.1) is 10.1 Å². The van der Waals surface area contributed by atoms with E-state index in [0.29, 0.717) is 32.1 Å². The summed E-state index contributed by atoms with van der Waals surface area (Å²) in [6.45, 7) is 5.52. The topological polar surface area (TPSA) is 122 Å². The molecule has 226 valence electrons. The van der Waals surface area contributed by atoms with Crippen LogP contribution in [-0.4, -0.2) is 28.7 Å². The molecule has 0 amide bonds. The predicted octanol–water partition coefficient (Wildman–Crippen LogP) is 5.45. The van der Waals surface area contributed by atoms with Gasteiger partial charge in [0.05, 0.1) is 33.9 Å². The molecule has 44 heavy (non-hydrogen) atoms. The van der Waals surface area contributed by atoms with Crippen molar-refractivity contribution in [2.45, 2.75) is 39.5 Å². The van der Waals surface area contributed by atoms with E-state index < -0.39 is 16.9 Å². The third-order valence-corrected chi connectivity index (χ3v) is 8.28. The second-order valence-electron chi connectivity index (χ2n) is 10.2. The normalized spacial score (nSPS) is 14.7. The first-order valence-electron chi connectivity index (χ1n) is 13.6. The number of thiazole rings is 1. The van der Waals surface area contributed by atoms with Crippen LogP contribution in [0.1, 0.15) is 43.5 Å². The zero-order valence-corrected chi connectivity index (χ0v) is 26.7. The van der Waals surface area contributed by atoms with Crippen LogP contribution in [0.3, 0.4) is 0 Å². The van der Waals surface area contributed by atoms with Crippen LogP contribution in [0.4, 0.5) is 5.69 Å². The van der Waals surface area contributed by atoms with Crippen LogP contribution in [0.25, 0.3) is 6.08 Å². The molecule has 0 bridgehead atoms. The van der Waals surface area contributed by atoms with Crippen LogP contribution in [-0.2, 0) is 16.1 Å². The standard InChI is InChI=1S/C32H28BrN3O7S/c1-18(2)43-31(38)28-19(3)34-32-35(29(28)25-16-22(33)9-14-26(25)41-4)30(37)27(44-32)15-20-7-12-24(13-8-20)42-17-21-5-10-23(11-6-21)36(39)40/h5-16,18,29H,17H2,1-4H3/b27-15-/t29-/m0/s1. The molecule has 4 aromatic rings. The van der Waals surface area contributed by atoms with Gasteiger partial charge in [0, 0.05) is 22.2 Å². The molecule has 1 aliphatic heterocycles. The third kappa shape index (κ3) is 6.51. The number of methoxy groups -OCH3 is 1. The number of esters is 1. The monoisotopic (exact) mass is 677 g/mol. The second-order valence-corrected chi connectivity index (χ2v) is 12.1. The molecule has 0 saturated heterocycles. The van der Waals surface area contributed by atoms with Gasteiger partial charge in [0.2, 0.25) is 0 Å². The van der Waals surface area contributed by atoms with E-state index in [9.17, 15) is 19.7 Å². The molecule has 10 nitrogen and oxygen atoms in total. The number of allylic oxidation sites excluding steroid dienone is 1. The minimum atomic E-state index is -0.817. The summed E-state index contributed by atoms with van der Waals surface area (Å²) in [4.78, 5) is 42.9. The highest BCUT2D eigenvalue weighted by Gasteiger charge is 2.35. The summed E-state index contributed by atoms with van der Waals surface area (Å²) in [5.41, 5.74) is 2.63. The predicted molar refractivity (Wildman–Crippen MR) is 170 cm³/mol. The Bertz CT molecular complexity index is 1950. The van der Waals surface area contributed by atoms with Crippen molar-refractivity contribution in [1.82, 2.24) is 4.57 Å². The van der Waals surface area contributed by atoms with E-state index in [-0.39, 0.29) is 29.5 Å². The number of fused-ring (bicyclic) bond motifs is 1. The van der Waals surface area contributed by atoms with Crippen molar-refractivity contribution < 1.29 is 23.9 Å². The number of nitro groups is 1. The summed E-state index contributed by atoms with van der Waals surface area (Å²) >= 11 is 4.74. The van der Waals surface area contributed by atoms with Gasteiger partial charge >= 0.3 is 5.97 Å². The number of hydrogen-bond donors (Lipinski definition) is 0. The molecule has 5 rings (SSSR count). The number of hydrogen-bond acceptors (Lipinski definition) is 9. The highest BCUT2D eigenvalue weighted by Crippen LogP contribution is 2.37. The fourth-order valence-electron chi connectivity index (χ4n) is 4.77. The Balaban J connectivity index is 1.49. The molecule has 1 atom stereocenters. The lowest BCUT2D eigenvalue weighted by molar-refractivity contribution is -0.384. The first-order valence-corrected chi connectivity index (χ1v) is 15.2. The van der Waals surface area contributed by atoms with E-state index in [1.165, 1.54) is 28.0 Å². The molecule has 0 unspecified atom stereocenters. The van der Waals surface area contributed by atoms with Crippen molar-refractivity contribution in [1.29, 1.82) is 0 Å². The van der Waals surface area contributed by atoms with E-state index in [0.717, 1.165) is 15.6 Å². The molecule has 0 N–H and O–H groups in total. The number of benzene rings is 3. The van der Waals surface area contributed by atoms with Crippen LogP contribution >= 0.6 is 27.3 Å². The Hall–Kier alpha value is -4.55. The highest BCUT2D eigenvalue weighted by molar-refractivity contribution is 9.10. The number of nitrogens with zero attached hydrogens (tertiary/aromatic N) is 3. The SMILES string of the molecule is COc1ccc(Br)cc1[C@H]1C(C(=O)OC(C)C)=C(C)N=c2s/c(=C\c3ccc(OCc4ccc([N+](=O)[O-])cc4)cc3)c(=O)n21. The summed E-state index contributed by atoms with van der Waals surface area (Å²) in [6, 6.07) is 18.0. The van der Waals surface area contributed by atoms with Crippen LogP contribution in [0.2, 0.25) is 0 Å². The summed E-state index contributed by atoms with van der Waals surface area (Å²) < 4.78 is 19.8. The average Bonchev–Trinajstić information content (AvgIpc) is 3.29. The van der Waals surface area contributed by atoms with E-state index >= 15 is 0 Å². The molecule has 12 heteroatoms. The van der Waals surface area contributed by atoms with Crippen molar-refractivity contribution in [3.8, 4) is 11.5 Å². The third-order valence-electron chi connectivity index (χ3n) is 6.80. The minimum Gasteiger partial charge on any atom is -0.496 e. The van der Waals surface area contributed by atoms with Crippen molar-refractivity contribution in [2.24, 2.45) is 4.99 Å². The van der Waals surface area contributed by atoms with Crippen LogP contribution in [0.15, 0.2) is 92.3 Å². The minimum absolute atomic E-state index is 0.0207. The number of carbonyl (C=O) groups is 1. The average molecular weight is 679 g/mol. The lowest BCUT2D eigenvalue weighted by Crippen LogP contribution is -2.40. The maximum absolute atomic E-state index is 14.0. The van der Waals surface area contributed by atoms with Gasteiger partial charge in [-0.3, -0.25) is 19.5 Å². The van der Waals surface area contributed by atoms with Crippen molar-refractivity contribution >= 4 is 45.0 Å². The smallest absolute Gasteiger partial charge is 0.338 e. The van der Waals surface area contributed by atoms with Gasteiger partial charge in [-0.15, -0.1) is 0 Å². The van der Waals surface area contributed by atoms with E-state index in [2.05, 4.69) is 20.9 Å². The number of non-ortho nitro benzene ring substituents is 1. The molecule has 1 aliphatic rings. The van der Waals surface area contributed by atoms with Gasteiger partial charge in [0.15, 0.2) is 4.80 Å². The first kappa shape index (κ1) is 30.9. The van der Waals surface area contributed by atoms with Gasteiger partial charge in [-0.25, -0.2) is 9.79 Å². The number of nitro benzene ring substituents is 1. The summed E-state index contributed by atoms with van der Waals surface area (Å²) in [7, 11) is 1.54. The largest absolute Gasteiger partial charge is 0.496 e. The molecule has 0 fully saturated rings. The summed E-state index contributed by atoms with van der Waals surface area (Å²) in [5, 5.41) is 10.9. The van der Waals surface area contributed by atoms with E-state index in [1.807, 2.05) is 24.3 Å². The maximum atomic E-state index is 14.0. The highest BCUT2D eigenvalue weighted by atomic mass is 79.9.